The summed E-state index contributed by atoms with van der Waals surface area (Å²) in [7, 11) is 0. The maximum absolute atomic E-state index is 13.3. The summed E-state index contributed by atoms with van der Waals surface area (Å²) < 4.78 is 10.2. The van der Waals surface area contributed by atoms with Crippen molar-refractivity contribution in [1.82, 2.24) is 4.90 Å². The number of imide groups is 1. The van der Waals surface area contributed by atoms with Gasteiger partial charge in [-0.2, -0.15) is 0 Å². The molecule has 4 rings (SSSR count). The van der Waals surface area contributed by atoms with Crippen LogP contribution >= 0.6 is 0 Å². The van der Waals surface area contributed by atoms with E-state index in [4.69, 9.17) is 9.15 Å². The summed E-state index contributed by atoms with van der Waals surface area (Å²) in [5.41, 5.74) is 0.698. The van der Waals surface area contributed by atoms with Crippen LogP contribution in [0, 0.1) is 0 Å². The van der Waals surface area contributed by atoms with Crippen molar-refractivity contribution in [2.24, 2.45) is 0 Å². The smallest absolute Gasteiger partial charge is 0.338 e. The molecule has 0 N–H and O–H groups in total. The average molecular weight is 424 g/mol. The van der Waals surface area contributed by atoms with Gasteiger partial charge in [-0.3, -0.25) is 14.4 Å². The third-order valence-electron chi connectivity index (χ3n) is 5.78. The molecule has 0 spiro atoms. The first-order valence-corrected chi connectivity index (χ1v) is 10.5. The predicted octanol–water partition coefficient (Wildman–Crippen LogP) is 3.17. The normalized spacial score (nSPS) is 19.1. The average Bonchev–Trinajstić information content (AvgIpc) is 3.52. The van der Waals surface area contributed by atoms with Crippen molar-refractivity contribution >= 4 is 29.4 Å². The third kappa shape index (κ3) is 3.97. The van der Waals surface area contributed by atoms with Crippen LogP contribution in [-0.2, 0) is 14.3 Å². The predicted molar refractivity (Wildman–Crippen MR) is 110 cm³/mol. The lowest BCUT2D eigenvalue weighted by atomic mass is 10.1. The molecule has 1 unspecified atom stereocenters. The Bertz CT molecular complexity index is 976. The zero-order chi connectivity index (χ0) is 22.0. The minimum absolute atomic E-state index is 0.0819. The highest BCUT2D eigenvalue weighted by molar-refractivity contribution is 6.23. The lowest BCUT2D eigenvalue weighted by Crippen LogP contribution is -2.50. The Kier molecular flexibility index (Phi) is 5.88. The van der Waals surface area contributed by atoms with Crippen molar-refractivity contribution < 1.29 is 28.3 Å². The Hall–Kier alpha value is -3.42. The van der Waals surface area contributed by atoms with Crippen LogP contribution < -0.4 is 4.90 Å². The molecular weight excluding hydrogens is 400 g/mol. The monoisotopic (exact) mass is 424 g/mol. The standard InChI is InChI=1S/C23H24N2O6/c1-2-30-23(29)15-9-11-17(12-10-15)25-20(26)14-18(21(25)27)24(16-6-3-4-7-16)22(28)19-8-5-13-31-19/h5,8-13,16,18H,2-4,6-7,14H2,1H3. The van der Waals surface area contributed by atoms with Gasteiger partial charge in [-0.25, -0.2) is 9.69 Å². The number of amides is 3. The van der Waals surface area contributed by atoms with Gasteiger partial charge in [0.05, 0.1) is 30.5 Å². The SMILES string of the molecule is CCOC(=O)c1ccc(N2C(=O)CC(N(C(=O)c3ccco3)C3CCCC3)C2=O)cc1. The van der Waals surface area contributed by atoms with Crippen molar-refractivity contribution in [3.63, 3.8) is 0 Å². The van der Waals surface area contributed by atoms with E-state index < -0.39 is 17.9 Å². The maximum Gasteiger partial charge on any atom is 0.338 e. The number of hydrogen-bond acceptors (Lipinski definition) is 6. The quantitative estimate of drug-likeness (QED) is 0.522. The molecule has 1 saturated heterocycles. The lowest BCUT2D eigenvalue weighted by molar-refractivity contribution is -0.123. The van der Waals surface area contributed by atoms with Crippen LogP contribution in [0.3, 0.4) is 0 Å². The van der Waals surface area contributed by atoms with Gasteiger partial charge in [-0.1, -0.05) is 12.8 Å². The van der Waals surface area contributed by atoms with Crippen LogP contribution in [0.4, 0.5) is 5.69 Å². The molecule has 3 amide bonds. The third-order valence-corrected chi connectivity index (χ3v) is 5.78. The van der Waals surface area contributed by atoms with Crippen molar-refractivity contribution in [3.8, 4) is 0 Å². The van der Waals surface area contributed by atoms with Gasteiger partial charge >= 0.3 is 5.97 Å². The van der Waals surface area contributed by atoms with Crippen LogP contribution in [-0.4, -0.2) is 47.3 Å². The molecule has 2 aromatic rings. The van der Waals surface area contributed by atoms with Crippen molar-refractivity contribution in [2.75, 3.05) is 11.5 Å². The summed E-state index contributed by atoms with van der Waals surface area (Å²) in [5.74, 6) is -1.51. The highest BCUT2D eigenvalue weighted by atomic mass is 16.5. The van der Waals surface area contributed by atoms with E-state index in [1.807, 2.05) is 0 Å². The van der Waals surface area contributed by atoms with Gasteiger partial charge in [-0.15, -0.1) is 0 Å². The molecule has 0 bridgehead atoms. The second kappa shape index (κ2) is 8.75. The van der Waals surface area contributed by atoms with E-state index in [1.54, 1.807) is 36.1 Å². The molecule has 8 heteroatoms. The van der Waals surface area contributed by atoms with Crippen LogP contribution in [0.15, 0.2) is 47.1 Å². The number of carbonyl (C=O) groups excluding carboxylic acids is 4. The molecule has 162 valence electrons. The zero-order valence-electron chi connectivity index (χ0n) is 17.3. The lowest BCUT2D eigenvalue weighted by Gasteiger charge is -2.32. The molecule has 1 atom stereocenters. The number of anilines is 1. The van der Waals surface area contributed by atoms with Gasteiger partial charge in [0.2, 0.25) is 5.91 Å². The molecule has 8 nitrogen and oxygen atoms in total. The van der Waals surface area contributed by atoms with Gasteiger partial charge in [0.15, 0.2) is 5.76 Å². The first kappa shape index (κ1) is 20.8. The summed E-state index contributed by atoms with van der Waals surface area (Å²) in [5, 5.41) is 0. The molecule has 31 heavy (non-hydrogen) atoms. The number of esters is 1. The molecule has 1 aliphatic heterocycles. The molecule has 2 fully saturated rings. The minimum atomic E-state index is -0.877. The van der Waals surface area contributed by atoms with Crippen LogP contribution in [0.1, 0.15) is 59.9 Å². The van der Waals surface area contributed by atoms with Crippen molar-refractivity contribution in [2.45, 2.75) is 51.1 Å². The maximum atomic E-state index is 13.3. The molecule has 1 aliphatic carbocycles. The number of furan rings is 1. The van der Waals surface area contributed by atoms with E-state index in [1.165, 1.54) is 18.4 Å². The zero-order valence-corrected chi connectivity index (χ0v) is 17.3. The van der Waals surface area contributed by atoms with Gasteiger partial charge in [0.25, 0.3) is 11.8 Å². The van der Waals surface area contributed by atoms with Gasteiger partial charge in [0.1, 0.15) is 6.04 Å². The molecule has 1 aromatic heterocycles. The van der Waals surface area contributed by atoms with Crippen molar-refractivity contribution in [1.29, 1.82) is 0 Å². The molecule has 2 heterocycles. The molecule has 1 saturated carbocycles. The van der Waals surface area contributed by atoms with Crippen LogP contribution in [0.25, 0.3) is 0 Å². The largest absolute Gasteiger partial charge is 0.462 e. The Labute approximate surface area is 179 Å². The fourth-order valence-corrected chi connectivity index (χ4v) is 4.34. The first-order valence-electron chi connectivity index (χ1n) is 10.5. The number of hydrogen-bond donors (Lipinski definition) is 0. The van der Waals surface area contributed by atoms with Crippen molar-refractivity contribution in [3.05, 3.63) is 54.0 Å². The molecular formula is C23H24N2O6. The van der Waals surface area contributed by atoms with E-state index >= 15 is 0 Å². The summed E-state index contributed by atoms with van der Waals surface area (Å²) in [6.45, 7) is 1.97. The Morgan fingerprint density at radius 3 is 2.45 bits per heavy atom. The van der Waals surface area contributed by atoms with Gasteiger partial charge in [0, 0.05) is 6.04 Å². The van der Waals surface area contributed by atoms with E-state index in [2.05, 4.69) is 0 Å². The number of ether oxygens (including phenoxy) is 1. The minimum Gasteiger partial charge on any atom is -0.462 e. The number of carbonyl (C=O) groups is 4. The Balaban J connectivity index is 1.59. The second-order valence-corrected chi connectivity index (χ2v) is 7.68. The van der Waals surface area contributed by atoms with Crippen LogP contribution in [0.2, 0.25) is 0 Å². The van der Waals surface area contributed by atoms with Gasteiger partial charge < -0.3 is 14.1 Å². The highest BCUT2D eigenvalue weighted by Gasteiger charge is 2.47. The summed E-state index contributed by atoms with van der Waals surface area (Å²) in [6.07, 6.45) is 4.86. The van der Waals surface area contributed by atoms with E-state index in [9.17, 15) is 19.2 Å². The fourth-order valence-electron chi connectivity index (χ4n) is 4.34. The number of benzene rings is 1. The van der Waals surface area contributed by atoms with Gasteiger partial charge in [-0.05, 0) is 56.2 Å². The van der Waals surface area contributed by atoms with E-state index in [0.29, 0.717) is 11.3 Å². The summed E-state index contributed by atoms with van der Waals surface area (Å²) in [6, 6.07) is 8.32. The van der Waals surface area contributed by atoms with E-state index in [0.717, 1.165) is 30.6 Å². The van der Waals surface area contributed by atoms with Crippen LogP contribution in [0.5, 0.6) is 0 Å². The highest BCUT2D eigenvalue weighted by Crippen LogP contribution is 2.33. The molecule has 2 aliphatic rings. The Morgan fingerprint density at radius 2 is 1.84 bits per heavy atom. The number of rotatable bonds is 6. The summed E-state index contributed by atoms with van der Waals surface area (Å²) in [4.78, 5) is 53.7. The topological polar surface area (TPSA) is 97.1 Å². The fraction of sp³-hybridized carbons (Fsp3) is 0.391. The van der Waals surface area contributed by atoms with E-state index in [-0.39, 0.29) is 36.6 Å². The molecule has 0 radical (unpaired) electrons. The molecule has 1 aromatic carbocycles. The number of nitrogens with zero attached hydrogens (tertiary/aromatic N) is 2. The Morgan fingerprint density at radius 1 is 1.13 bits per heavy atom. The first-order chi connectivity index (χ1) is 15.0. The second-order valence-electron chi connectivity index (χ2n) is 7.68. The summed E-state index contributed by atoms with van der Waals surface area (Å²) >= 11 is 0.